The van der Waals surface area contributed by atoms with Crippen LogP contribution in [0.3, 0.4) is 0 Å². The van der Waals surface area contributed by atoms with E-state index in [4.69, 9.17) is 0 Å². The highest BCUT2D eigenvalue weighted by molar-refractivity contribution is 5.22. The quantitative estimate of drug-likeness (QED) is 0.530. The molecule has 0 radical (unpaired) electrons. The van der Waals surface area contributed by atoms with Gasteiger partial charge in [-0.25, -0.2) is 0 Å². The molecule has 0 spiro atoms. The fraction of sp³-hybridized carbons (Fsp3) is 0.600. The zero-order valence-corrected chi connectivity index (χ0v) is 6.71. The number of aromatic nitrogens is 1. The van der Waals surface area contributed by atoms with Gasteiger partial charge in [-0.05, 0) is 44.2 Å². The third-order valence-electron chi connectivity index (χ3n) is 3.16. The Hall–Kier alpha value is -0.720. The normalized spacial score (nSPS) is 27.1. The molecule has 0 aliphatic carbocycles. The lowest BCUT2D eigenvalue weighted by molar-refractivity contribution is 0.421. The van der Waals surface area contributed by atoms with Gasteiger partial charge in [-0.2, -0.15) is 0 Å². The van der Waals surface area contributed by atoms with Crippen LogP contribution in [0, 0.1) is 0 Å². The van der Waals surface area contributed by atoms with E-state index in [1.807, 2.05) is 0 Å². The van der Waals surface area contributed by atoms with Crippen LogP contribution in [0.2, 0.25) is 0 Å². The first-order chi connectivity index (χ1) is 5.45. The van der Waals surface area contributed by atoms with Crippen LogP contribution in [0.4, 0.5) is 0 Å². The summed E-state index contributed by atoms with van der Waals surface area (Å²) in [6.45, 7) is 0. The lowest BCUT2D eigenvalue weighted by Crippen LogP contribution is -2.13. The van der Waals surface area contributed by atoms with Crippen molar-refractivity contribution >= 4 is 0 Å². The first-order valence-electron chi connectivity index (χ1n) is 4.64. The molecule has 1 aromatic rings. The molecule has 0 aromatic carbocycles. The van der Waals surface area contributed by atoms with Gasteiger partial charge in [0.1, 0.15) is 0 Å². The molecule has 0 N–H and O–H groups in total. The van der Waals surface area contributed by atoms with Crippen molar-refractivity contribution in [3.8, 4) is 0 Å². The van der Waals surface area contributed by atoms with Crippen molar-refractivity contribution in [1.82, 2.24) is 4.57 Å². The second kappa shape index (κ2) is 1.90. The highest BCUT2D eigenvalue weighted by Gasteiger charge is 2.26. The fourth-order valence-corrected chi connectivity index (χ4v) is 2.65. The van der Waals surface area contributed by atoms with Gasteiger partial charge < -0.3 is 4.57 Å². The smallest absolute Gasteiger partial charge is 0.0339 e. The summed E-state index contributed by atoms with van der Waals surface area (Å²) in [7, 11) is 0. The molecule has 0 saturated carbocycles. The van der Waals surface area contributed by atoms with E-state index in [9.17, 15) is 0 Å². The zero-order chi connectivity index (χ0) is 7.26. The lowest BCUT2D eigenvalue weighted by atomic mass is 10.0. The van der Waals surface area contributed by atoms with Crippen LogP contribution < -0.4 is 0 Å². The maximum Gasteiger partial charge on any atom is 0.0339 e. The van der Waals surface area contributed by atoms with E-state index in [1.54, 1.807) is 11.4 Å². The molecule has 3 heterocycles. The molecule has 0 fully saturated rings. The zero-order valence-electron chi connectivity index (χ0n) is 6.71. The molecule has 3 rings (SSSR count). The second-order valence-electron chi connectivity index (χ2n) is 3.77. The first-order valence-corrected chi connectivity index (χ1v) is 4.64. The summed E-state index contributed by atoms with van der Waals surface area (Å²) in [5, 5.41) is 0. The third kappa shape index (κ3) is 0.661. The van der Waals surface area contributed by atoms with Crippen molar-refractivity contribution < 1.29 is 0 Å². The van der Waals surface area contributed by atoms with Gasteiger partial charge in [0.25, 0.3) is 0 Å². The van der Waals surface area contributed by atoms with Crippen molar-refractivity contribution in [1.29, 1.82) is 0 Å². The average Bonchev–Trinajstić information content (AvgIpc) is 2.60. The largest absolute Gasteiger partial charge is 0.346 e. The predicted molar refractivity (Wildman–Crippen MR) is 44.7 cm³/mol. The van der Waals surface area contributed by atoms with Crippen LogP contribution in [0.1, 0.15) is 36.7 Å². The van der Waals surface area contributed by atoms with Gasteiger partial charge in [0.05, 0.1) is 0 Å². The molecule has 1 nitrogen and oxygen atoms in total. The molecule has 58 valence electrons. The number of hydrogen-bond acceptors (Lipinski definition) is 0. The summed E-state index contributed by atoms with van der Waals surface area (Å²) >= 11 is 0. The number of rotatable bonds is 0. The molecular weight excluding hydrogens is 134 g/mol. The van der Waals surface area contributed by atoms with Crippen molar-refractivity contribution in [3.63, 3.8) is 0 Å². The third-order valence-corrected chi connectivity index (χ3v) is 3.16. The first kappa shape index (κ1) is 5.87. The average molecular weight is 147 g/mol. The highest BCUT2D eigenvalue weighted by atomic mass is 15.1. The van der Waals surface area contributed by atoms with E-state index in [0.29, 0.717) is 0 Å². The van der Waals surface area contributed by atoms with Gasteiger partial charge >= 0.3 is 0 Å². The van der Waals surface area contributed by atoms with Gasteiger partial charge in [-0.1, -0.05) is 0 Å². The van der Waals surface area contributed by atoms with E-state index < -0.39 is 0 Å². The van der Waals surface area contributed by atoms with Crippen LogP contribution in [-0.4, -0.2) is 4.57 Å². The van der Waals surface area contributed by atoms with E-state index >= 15 is 0 Å². The standard InChI is InChI=1S/C10H13N/c1-2-8-4-6-10-7-5-9(3-1)11(8)10/h4,6,9H,1-3,5,7H2. The van der Waals surface area contributed by atoms with E-state index in [0.717, 1.165) is 6.04 Å². The molecule has 0 amide bonds. The fourth-order valence-electron chi connectivity index (χ4n) is 2.65. The summed E-state index contributed by atoms with van der Waals surface area (Å²) in [5.41, 5.74) is 3.18. The van der Waals surface area contributed by atoms with Crippen molar-refractivity contribution in [2.24, 2.45) is 0 Å². The molecule has 1 aromatic heterocycles. The molecule has 0 saturated heterocycles. The Morgan fingerprint density at radius 2 is 1.91 bits per heavy atom. The lowest BCUT2D eigenvalue weighted by Gasteiger charge is -2.22. The van der Waals surface area contributed by atoms with Crippen LogP contribution in [0.15, 0.2) is 12.1 Å². The molecule has 1 atom stereocenters. The molecular formula is C10H13N. The summed E-state index contributed by atoms with van der Waals surface area (Å²) in [5.74, 6) is 0. The minimum absolute atomic E-state index is 0.878. The van der Waals surface area contributed by atoms with Gasteiger partial charge in [-0.3, -0.25) is 0 Å². The monoisotopic (exact) mass is 147 g/mol. The van der Waals surface area contributed by atoms with Gasteiger partial charge in [0.15, 0.2) is 0 Å². The van der Waals surface area contributed by atoms with Crippen LogP contribution in [0.5, 0.6) is 0 Å². The Kier molecular flexibility index (Phi) is 1.02. The SMILES string of the molecule is c1cc2n3c1CCCC3CC2. The molecule has 0 bridgehead atoms. The van der Waals surface area contributed by atoms with Gasteiger partial charge in [0, 0.05) is 17.4 Å². The maximum absolute atomic E-state index is 2.59. The Bertz CT molecular complexity index is 285. The summed E-state index contributed by atoms with van der Waals surface area (Å²) in [6.07, 6.45) is 6.88. The molecule has 2 aliphatic heterocycles. The Morgan fingerprint density at radius 1 is 1.09 bits per heavy atom. The number of aryl methyl sites for hydroxylation is 2. The molecule has 11 heavy (non-hydrogen) atoms. The molecule has 1 unspecified atom stereocenters. The van der Waals surface area contributed by atoms with Crippen molar-refractivity contribution in [3.05, 3.63) is 23.5 Å². The van der Waals surface area contributed by atoms with Crippen molar-refractivity contribution in [2.45, 2.75) is 38.1 Å². The van der Waals surface area contributed by atoms with Crippen LogP contribution in [-0.2, 0) is 12.8 Å². The topological polar surface area (TPSA) is 4.93 Å². The number of hydrogen-bond donors (Lipinski definition) is 0. The van der Waals surface area contributed by atoms with Crippen LogP contribution >= 0.6 is 0 Å². The Morgan fingerprint density at radius 3 is 2.82 bits per heavy atom. The van der Waals surface area contributed by atoms with E-state index in [1.165, 1.54) is 32.1 Å². The summed E-state index contributed by atoms with van der Waals surface area (Å²) in [4.78, 5) is 0. The molecule has 1 heteroatoms. The highest BCUT2D eigenvalue weighted by Crippen LogP contribution is 2.36. The predicted octanol–water partition coefficient (Wildman–Crippen LogP) is 2.31. The van der Waals surface area contributed by atoms with E-state index in [-0.39, 0.29) is 0 Å². The maximum atomic E-state index is 2.59. The summed E-state index contributed by atoms with van der Waals surface area (Å²) in [6, 6.07) is 5.52. The number of nitrogens with zero attached hydrogens (tertiary/aromatic N) is 1. The van der Waals surface area contributed by atoms with Crippen molar-refractivity contribution in [2.75, 3.05) is 0 Å². The minimum Gasteiger partial charge on any atom is -0.346 e. The Balaban J connectivity index is 2.21. The van der Waals surface area contributed by atoms with E-state index in [2.05, 4.69) is 16.7 Å². The van der Waals surface area contributed by atoms with Gasteiger partial charge in [-0.15, -0.1) is 0 Å². The minimum atomic E-state index is 0.878. The molecule has 2 aliphatic rings. The van der Waals surface area contributed by atoms with Gasteiger partial charge in [0.2, 0.25) is 0 Å². The van der Waals surface area contributed by atoms with Crippen LogP contribution in [0.25, 0.3) is 0 Å². The Labute approximate surface area is 67.0 Å². The summed E-state index contributed by atoms with van der Waals surface area (Å²) < 4.78 is 2.59. The second-order valence-corrected chi connectivity index (χ2v) is 3.77.